The van der Waals surface area contributed by atoms with Gasteiger partial charge >= 0.3 is 5.97 Å². The van der Waals surface area contributed by atoms with E-state index in [-0.39, 0.29) is 5.91 Å². The number of amides is 1. The zero-order valence-corrected chi connectivity index (χ0v) is 16.7. The first-order chi connectivity index (χ1) is 13.5. The highest BCUT2D eigenvalue weighted by molar-refractivity contribution is 5.98. The lowest BCUT2D eigenvalue weighted by Crippen LogP contribution is -2.30. The third-order valence-electron chi connectivity index (χ3n) is 5.09. The van der Waals surface area contributed by atoms with E-state index < -0.39 is 12.1 Å². The van der Waals surface area contributed by atoms with E-state index in [1.165, 1.54) is 24.0 Å². The van der Waals surface area contributed by atoms with Crippen LogP contribution in [0.5, 0.6) is 5.75 Å². The second-order valence-corrected chi connectivity index (χ2v) is 7.09. The maximum atomic E-state index is 12.6. The number of anilines is 1. The number of nitrogens with one attached hydrogen (secondary N) is 1. The topological polar surface area (TPSA) is 64.6 Å². The summed E-state index contributed by atoms with van der Waals surface area (Å²) in [6, 6.07) is 11.3. The van der Waals surface area contributed by atoms with Gasteiger partial charge in [-0.05, 0) is 87.4 Å². The largest absolute Gasteiger partial charge is 0.481 e. The Morgan fingerprint density at radius 3 is 2.61 bits per heavy atom. The van der Waals surface area contributed by atoms with Crippen molar-refractivity contribution in [3.8, 4) is 5.75 Å². The van der Waals surface area contributed by atoms with Gasteiger partial charge in [0.25, 0.3) is 5.91 Å². The number of rotatable bonds is 6. The molecule has 0 saturated carbocycles. The maximum absolute atomic E-state index is 12.6. The number of aryl methyl sites for hydroxylation is 2. The molecule has 1 N–H and O–H groups in total. The summed E-state index contributed by atoms with van der Waals surface area (Å²) >= 11 is 0. The molecule has 0 aromatic heterocycles. The highest BCUT2D eigenvalue weighted by atomic mass is 16.5. The average Bonchev–Trinajstić information content (AvgIpc) is 2.69. The summed E-state index contributed by atoms with van der Waals surface area (Å²) in [4.78, 5) is 24.6. The highest BCUT2D eigenvalue weighted by Crippen LogP contribution is 2.26. The van der Waals surface area contributed by atoms with E-state index >= 15 is 0 Å². The molecule has 0 heterocycles. The molecule has 1 atom stereocenters. The molecule has 0 fully saturated rings. The van der Waals surface area contributed by atoms with E-state index in [4.69, 9.17) is 9.47 Å². The molecule has 0 spiro atoms. The van der Waals surface area contributed by atoms with Crippen molar-refractivity contribution in [2.75, 3.05) is 11.9 Å². The zero-order valence-electron chi connectivity index (χ0n) is 16.7. The lowest BCUT2D eigenvalue weighted by atomic mass is 9.92. The number of fused-ring (bicyclic) bond motifs is 1. The van der Waals surface area contributed by atoms with Gasteiger partial charge in [-0.1, -0.05) is 12.1 Å². The lowest BCUT2D eigenvalue weighted by molar-refractivity contribution is -0.122. The molecule has 5 heteroatoms. The van der Waals surface area contributed by atoms with Gasteiger partial charge in [0.15, 0.2) is 6.10 Å². The van der Waals surface area contributed by atoms with Gasteiger partial charge in [-0.3, -0.25) is 4.79 Å². The lowest BCUT2D eigenvalue weighted by Gasteiger charge is -2.19. The standard InChI is InChI=1S/C23H27NO4/c1-4-27-23(26)20-10-7-11-21(15(20)2)24-22(25)16(3)28-19-13-12-17-8-5-6-9-18(17)14-19/h7,10-14,16H,4-6,8-9H2,1-3H3,(H,24,25)/t16-/m0/s1. The first-order valence-electron chi connectivity index (χ1n) is 9.85. The van der Waals surface area contributed by atoms with Gasteiger partial charge in [0.05, 0.1) is 12.2 Å². The van der Waals surface area contributed by atoms with Crippen molar-refractivity contribution in [1.29, 1.82) is 0 Å². The summed E-state index contributed by atoms with van der Waals surface area (Å²) in [5, 5.41) is 2.86. The first kappa shape index (κ1) is 19.9. The molecule has 1 amide bonds. The van der Waals surface area contributed by atoms with Gasteiger partial charge in [0.1, 0.15) is 5.75 Å². The predicted molar refractivity (Wildman–Crippen MR) is 109 cm³/mol. The number of esters is 1. The van der Waals surface area contributed by atoms with Crippen LogP contribution >= 0.6 is 0 Å². The van der Waals surface area contributed by atoms with Gasteiger partial charge in [-0.15, -0.1) is 0 Å². The predicted octanol–water partition coefficient (Wildman–Crippen LogP) is 4.46. The number of hydrogen-bond donors (Lipinski definition) is 1. The van der Waals surface area contributed by atoms with Crippen molar-refractivity contribution in [2.24, 2.45) is 0 Å². The minimum Gasteiger partial charge on any atom is -0.481 e. The van der Waals surface area contributed by atoms with E-state index in [9.17, 15) is 9.59 Å². The van der Waals surface area contributed by atoms with Crippen molar-refractivity contribution >= 4 is 17.6 Å². The Bertz CT molecular complexity index is 875. The fraction of sp³-hybridized carbons (Fsp3) is 0.391. The molecule has 5 nitrogen and oxygen atoms in total. The number of ether oxygens (including phenoxy) is 2. The molecule has 3 rings (SSSR count). The molecule has 1 aliphatic rings. The van der Waals surface area contributed by atoms with Gasteiger partial charge < -0.3 is 14.8 Å². The summed E-state index contributed by atoms with van der Waals surface area (Å²) in [7, 11) is 0. The Kier molecular flexibility index (Phi) is 6.34. The number of carbonyl (C=O) groups excluding carboxylic acids is 2. The van der Waals surface area contributed by atoms with Crippen molar-refractivity contribution in [3.63, 3.8) is 0 Å². The van der Waals surface area contributed by atoms with Gasteiger partial charge in [0, 0.05) is 5.69 Å². The van der Waals surface area contributed by atoms with Crippen LogP contribution in [0.25, 0.3) is 0 Å². The van der Waals surface area contributed by atoms with E-state index in [1.807, 2.05) is 12.1 Å². The van der Waals surface area contributed by atoms with Crippen LogP contribution in [0.1, 0.15) is 53.7 Å². The molecule has 0 unspecified atom stereocenters. The quantitative estimate of drug-likeness (QED) is 0.751. The monoisotopic (exact) mass is 381 g/mol. The van der Waals surface area contributed by atoms with Crippen LogP contribution in [0.2, 0.25) is 0 Å². The van der Waals surface area contributed by atoms with E-state index in [0.717, 1.165) is 12.8 Å². The Balaban J connectivity index is 1.68. The second-order valence-electron chi connectivity index (χ2n) is 7.09. The van der Waals surface area contributed by atoms with Crippen molar-refractivity contribution < 1.29 is 19.1 Å². The Hall–Kier alpha value is -2.82. The fourth-order valence-electron chi connectivity index (χ4n) is 3.48. The molecular weight excluding hydrogens is 354 g/mol. The summed E-state index contributed by atoms with van der Waals surface area (Å²) < 4.78 is 10.9. The maximum Gasteiger partial charge on any atom is 0.338 e. The third kappa shape index (κ3) is 4.53. The molecule has 0 radical (unpaired) electrons. The summed E-state index contributed by atoms with van der Waals surface area (Å²) in [6.45, 7) is 5.58. The van der Waals surface area contributed by atoms with Crippen LogP contribution in [0.3, 0.4) is 0 Å². The Morgan fingerprint density at radius 1 is 1.11 bits per heavy atom. The molecule has 0 aliphatic heterocycles. The van der Waals surface area contributed by atoms with Crippen LogP contribution in [-0.4, -0.2) is 24.6 Å². The zero-order chi connectivity index (χ0) is 20.1. The van der Waals surface area contributed by atoms with E-state index in [1.54, 1.807) is 39.0 Å². The summed E-state index contributed by atoms with van der Waals surface area (Å²) in [5.74, 6) is 0.0524. The number of carbonyl (C=O) groups is 2. The first-order valence-corrected chi connectivity index (χ1v) is 9.85. The van der Waals surface area contributed by atoms with Gasteiger partial charge in [0.2, 0.25) is 0 Å². The molecular formula is C23H27NO4. The van der Waals surface area contributed by atoms with Crippen LogP contribution in [0, 0.1) is 6.92 Å². The molecule has 2 aromatic carbocycles. The fourth-order valence-corrected chi connectivity index (χ4v) is 3.48. The molecule has 148 valence electrons. The second kappa shape index (κ2) is 8.91. The number of hydrogen-bond acceptors (Lipinski definition) is 4. The van der Waals surface area contributed by atoms with Crippen molar-refractivity contribution in [1.82, 2.24) is 0 Å². The van der Waals surface area contributed by atoms with Crippen LogP contribution in [0.15, 0.2) is 36.4 Å². The Morgan fingerprint density at radius 2 is 1.86 bits per heavy atom. The van der Waals surface area contributed by atoms with Crippen LogP contribution in [-0.2, 0) is 22.4 Å². The Labute approximate surface area is 166 Å². The number of benzene rings is 2. The van der Waals surface area contributed by atoms with Gasteiger partial charge in [-0.25, -0.2) is 4.79 Å². The van der Waals surface area contributed by atoms with Crippen LogP contribution < -0.4 is 10.1 Å². The molecule has 28 heavy (non-hydrogen) atoms. The summed E-state index contributed by atoms with van der Waals surface area (Å²) in [5.41, 5.74) is 4.39. The molecule has 0 bridgehead atoms. The van der Waals surface area contributed by atoms with E-state index in [2.05, 4.69) is 11.4 Å². The van der Waals surface area contributed by atoms with Crippen molar-refractivity contribution in [2.45, 2.75) is 52.6 Å². The highest BCUT2D eigenvalue weighted by Gasteiger charge is 2.19. The third-order valence-corrected chi connectivity index (χ3v) is 5.09. The van der Waals surface area contributed by atoms with Gasteiger partial charge in [-0.2, -0.15) is 0 Å². The molecule has 0 saturated heterocycles. The van der Waals surface area contributed by atoms with E-state index in [0.29, 0.717) is 29.2 Å². The average molecular weight is 381 g/mol. The van der Waals surface area contributed by atoms with Crippen molar-refractivity contribution in [3.05, 3.63) is 58.7 Å². The van der Waals surface area contributed by atoms with Crippen LogP contribution in [0.4, 0.5) is 5.69 Å². The normalized spacial score (nSPS) is 14.0. The smallest absolute Gasteiger partial charge is 0.338 e. The minimum absolute atomic E-state index is 0.262. The minimum atomic E-state index is -0.660. The SMILES string of the molecule is CCOC(=O)c1cccc(NC(=O)[C@H](C)Oc2ccc3c(c2)CCCC3)c1C. The molecule has 1 aliphatic carbocycles. The molecule has 2 aromatic rings. The summed E-state index contributed by atoms with van der Waals surface area (Å²) in [6.07, 6.45) is 3.94.